The van der Waals surface area contributed by atoms with E-state index >= 15 is 0 Å². The smallest absolute Gasteiger partial charge is 0.475 e. The molecule has 0 atom stereocenters. The number of alkyl halides is 3. The molecule has 0 radical (unpaired) electrons. The number of anilines is 1. The van der Waals surface area contributed by atoms with Gasteiger partial charge >= 0.3 is 12.1 Å². The van der Waals surface area contributed by atoms with Gasteiger partial charge in [0.05, 0.1) is 10.0 Å². The molecule has 22 heavy (non-hydrogen) atoms. The highest BCUT2D eigenvalue weighted by Gasteiger charge is 2.38. The summed E-state index contributed by atoms with van der Waals surface area (Å²) in [6.07, 6.45) is -5.08. The molecule has 1 saturated heterocycles. The standard InChI is InChI=1S/C9H10Cl2N4.C2HF3O2/c10-6-3-5(12)4-7(11)8(6)15-9-13-1-2-14-9;3-2(4,5)1(6)7/h3-4H,1-2,12H2,(H2,13,14,15);(H,6,7). The molecule has 122 valence electrons. The minimum atomic E-state index is -5.08. The largest absolute Gasteiger partial charge is 0.490 e. The molecule has 0 bridgehead atoms. The maximum atomic E-state index is 10.6. The number of nitrogens with two attached hydrogens (primary N) is 1. The fourth-order valence-electron chi connectivity index (χ4n) is 1.31. The molecule has 1 aliphatic rings. The molecule has 1 heterocycles. The Kier molecular flexibility index (Phi) is 6.12. The van der Waals surface area contributed by atoms with Crippen LogP contribution in [0.4, 0.5) is 24.5 Å². The maximum Gasteiger partial charge on any atom is 0.490 e. The lowest BCUT2D eigenvalue weighted by molar-refractivity contribution is -0.192. The van der Waals surface area contributed by atoms with Crippen LogP contribution in [-0.2, 0) is 4.79 Å². The van der Waals surface area contributed by atoms with Crippen LogP contribution in [0, 0.1) is 0 Å². The summed E-state index contributed by atoms with van der Waals surface area (Å²) in [7, 11) is 0. The van der Waals surface area contributed by atoms with Crippen molar-refractivity contribution in [2.45, 2.75) is 6.18 Å². The number of nitrogens with one attached hydrogen (secondary N) is 2. The van der Waals surface area contributed by atoms with Gasteiger partial charge in [-0.25, -0.2) is 9.79 Å². The van der Waals surface area contributed by atoms with Crippen LogP contribution in [0.3, 0.4) is 0 Å². The Morgan fingerprint density at radius 1 is 1.23 bits per heavy atom. The first-order valence-electron chi connectivity index (χ1n) is 5.72. The maximum absolute atomic E-state index is 10.6. The molecule has 0 spiro atoms. The van der Waals surface area contributed by atoms with E-state index in [9.17, 15) is 13.2 Å². The van der Waals surface area contributed by atoms with Gasteiger partial charge in [0.2, 0.25) is 0 Å². The Hall–Kier alpha value is -1.87. The number of guanidine groups is 1. The lowest BCUT2D eigenvalue weighted by atomic mass is 10.3. The number of aliphatic imine (C=N–C) groups is 1. The van der Waals surface area contributed by atoms with Crippen molar-refractivity contribution < 1.29 is 23.1 Å². The van der Waals surface area contributed by atoms with Gasteiger partial charge in [0.1, 0.15) is 5.69 Å². The Balaban J connectivity index is 0.000000295. The summed E-state index contributed by atoms with van der Waals surface area (Å²) < 4.78 is 31.7. The van der Waals surface area contributed by atoms with E-state index < -0.39 is 12.1 Å². The Labute approximate surface area is 133 Å². The van der Waals surface area contributed by atoms with Crippen molar-refractivity contribution in [1.29, 1.82) is 0 Å². The fourth-order valence-corrected chi connectivity index (χ4v) is 1.90. The highest BCUT2D eigenvalue weighted by atomic mass is 35.5. The summed E-state index contributed by atoms with van der Waals surface area (Å²) in [4.78, 5) is 13.2. The Bertz CT molecular complexity index is 562. The zero-order valence-electron chi connectivity index (χ0n) is 10.8. The van der Waals surface area contributed by atoms with Crippen LogP contribution in [0.25, 0.3) is 0 Å². The number of hydrogen-bond acceptors (Lipinski definition) is 3. The Morgan fingerprint density at radius 3 is 2.00 bits per heavy atom. The van der Waals surface area contributed by atoms with Crippen molar-refractivity contribution in [2.75, 3.05) is 18.8 Å². The predicted molar refractivity (Wildman–Crippen MR) is 77.7 cm³/mol. The van der Waals surface area contributed by atoms with Crippen LogP contribution in [0.2, 0.25) is 10.0 Å². The summed E-state index contributed by atoms with van der Waals surface area (Å²) in [6.45, 7) is 1.70. The fraction of sp³-hybridized carbons (Fsp3) is 0.273. The molecule has 0 aromatic heterocycles. The van der Waals surface area contributed by atoms with Crippen LogP contribution in [0.5, 0.6) is 0 Å². The topological polar surface area (TPSA) is 99.7 Å². The molecular weight excluding hydrogens is 348 g/mol. The summed E-state index contributed by atoms with van der Waals surface area (Å²) in [6, 6.07) is 3.25. The molecule has 1 aromatic carbocycles. The van der Waals surface area contributed by atoms with Gasteiger partial charge in [0.15, 0.2) is 5.96 Å². The SMILES string of the molecule is Nc1cc(Cl)c(N=C2NCCN2)c(Cl)c1.O=C(O)C(F)(F)F. The van der Waals surface area contributed by atoms with Gasteiger partial charge in [-0.1, -0.05) is 23.2 Å². The lowest BCUT2D eigenvalue weighted by Crippen LogP contribution is -2.23. The first-order chi connectivity index (χ1) is 10.1. The average Bonchev–Trinajstić information content (AvgIpc) is 2.86. The van der Waals surface area contributed by atoms with E-state index in [1.807, 2.05) is 0 Å². The second-order valence-electron chi connectivity index (χ2n) is 3.95. The first kappa shape index (κ1) is 18.2. The van der Waals surface area contributed by atoms with Crippen molar-refractivity contribution in [3.05, 3.63) is 22.2 Å². The van der Waals surface area contributed by atoms with E-state index in [-0.39, 0.29) is 0 Å². The minimum absolute atomic E-state index is 0.447. The number of carboxylic acids is 1. The van der Waals surface area contributed by atoms with E-state index in [4.69, 9.17) is 38.8 Å². The van der Waals surface area contributed by atoms with E-state index in [1.54, 1.807) is 12.1 Å². The molecule has 0 unspecified atom stereocenters. The highest BCUT2D eigenvalue weighted by molar-refractivity contribution is 6.39. The molecule has 5 N–H and O–H groups in total. The normalized spacial score (nSPS) is 13.6. The number of rotatable bonds is 1. The molecule has 1 fully saturated rings. The van der Waals surface area contributed by atoms with E-state index in [1.165, 1.54) is 0 Å². The van der Waals surface area contributed by atoms with Gasteiger partial charge in [-0.3, -0.25) is 0 Å². The highest BCUT2D eigenvalue weighted by Crippen LogP contribution is 2.35. The van der Waals surface area contributed by atoms with Crippen LogP contribution in [-0.4, -0.2) is 36.3 Å². The van der Waals surface area contributed by atoms with Crippen molar-refractivity contribution in [3.63, 3.8) is 0 Å². The van der Waals surface area contributed by atoms with E-state index in [0.29, 0.717) is 27.4 Å². The second-order valence-corrected chi connectivity index (χ2v) is 4.76. The number of nitrogens with zero attached hydrogens (tertiary/aromatic N) is 1. The molecule has 11 heteroatoms. The van der Waals surface area contributed by atoms with Crippen molar-refractivity contribution >= 4 is 46.5 Å². The zero-order valence-corrected chi connectivity index (χ0v) is 12.4. The number of carbonyl (C=O) groups is 1. The average molecular weight is 359 g/mol. The molecule has 1 aliphatic heterocycles. The molecule has 0 saturated carbocycles. The first-order valence-corrected chi connectivity index (χ1v) is 6.48. The third-order valence-electron chi connectivity index (χ3n) is 2.22. The van der Waals surface area contributed by atoms with Gasteiger partial charge < -0.3 is 21.5 Å². The molecule has 2 rings (SSSR count). The van der Waals surface area contributed by atoms with Gasteiger partial charge in [-0.15, -0.1) is 0 Å². The van der Waals surface area contributed by atoms with Crippen molar-refractivity contribution in [1.82, 2.24) is 10.6 Å². The van der Waals surface area contributed by atoms with Crippen LogP contribution < -0.4 is 16.4 Å². The summed E-state index contributed by atoms with van der Waals surface area (Å²) in [5, 5.41) is 14.1. The van der Waals surface area contributed by atoms with Crippen LogP contribution >= 0.6 is 23.2 Å². The minimum Gasteiger partial charge on any atom is -0.475 e. The number of carboxylic acid groups (broad SMARTS) is 1. The summed E-state index contributed by atoms with van der Waals surface area (Å²) in [5.74, 6) is -2.07. The Morgan fingerprint density at radius 2 is 1.64 bits per heavy atom. The number of hydrogen-bond donors (Lipinski definition) is 4. The van der Waals surface area contributed by atoms with Crippen molar-refractivity contribution in [2.24, 2.45) is 4.99 Å². The molecule has 1 aromatic rings. The zero-order chi connectivity index (χ0) is 16.9. The molecule has 0 aliphatic carbocycles. The number of halogens is 5. The van der Waals surface area contributed by atoms with E-state index in [0.717, 1.165) is 13.1 Å². The van der Waals surface area contributed by atoms with Crippen LogP contribution in [0.1, 0.15) is 0 Å². The van der Waals surface area contributed by atoms with Crippen molar-refractivity contribution in [3.8, 4) is 0 Å². The van der Waals surface area contributed by atoms with Gasteiger partial charge in [0.25, 0.3) is 0 Å². The third kappa shape index (κ3) is 5.49. The quantitative estimate of drug-likeness (QED) is 0.577. The molecular formula is C11H11Cl2F3N4O2. The van der Waals surface area contributed by atoms with Gasteiger partial charge in [0, 0.05) is 18.8 Å². The number of benzene rings is 1. The molecule has 0 amide bonds. The third-order valence-corrected chi connectivity index (χ3v) is 2.79. The van der Waals surface area contributed by atoms with E-state index in [2.05, 4.69) is 15.6 Å². The molecule has 6 nitrogen and oxygen atoms in total. The van der Waals surface area contributed by atoms with Crippen LogP contribution in [0.15, 0.2) is 17.1 Å². The van der Waals surface area contributed by atoms with Gasteiger partial charge in [-0.05, 0) is 12.1 Å². The predicted octanol–water partition coefficient (Wildman–Crippen LogP) is 2.39. The summed E-state index contributed by atoms with van der Waals surface area (Å²) >= 11 is 12.0. The monoisotopic (exact) mass is 358 g/mol. The number of aliphatic carboxylic acids is 1. The summed E-state index contributed by atoms with van der Waals surface area (Å²) in [5.41, 5.74) is 6.65. The van der Waals surface area contributed by atoms with Gasteiger partial charge in [-0.2, -0.15) is 13.2 Å². The second kappa shape index (κ2) is 7.41. The lowest BCUT2D eigenvalue weighted by Gasteiger charge is -2.05. The number of nitrogen functional groups attached to an aromatic ring is 1.